The van der Waals surface area contributed by atoms with Gasteiger partial charge in [0.15, 0.2) is 0 Å². The summed E-state index contributed by atoms with van der Waals surface area (Å²) < 4.78 is 32.8. The molecule has 0 saturated heterocycles. The molecule has 0 radical (unpaired) electrons. The van der Waals surface area contributed by atoms with Gasteiger partial charge in [-0.15, -0.1) is 0 Å². The molecule has 1 amide bonds. The second kappa shape index (κ2) is 12.9. The monoisotopic (exact) mass is 516 g/mol. The predicted molar refractivity (Wildman–Crippen MR) is 145 cm³/mol. The molecule has 0 aliphatic carbocycles. The van der Waals surface area contributed by atoms with E-state index in [1.54, 1.807) is 54.6 Å². The van der Waals surface area contributed by atoms with Crippen molar-refractivity contribution in [3.05, 3.63) is 96.3 Å². The summed E-state index contributed by atoms with van der Waals surface area (Å²) in [6.07, 6.45) is 0.929. The third-order valence-corrected chi connectivity index (χ3v) is 6.10. The van der Waals surface area contributed by atoms with Crippen molar-refractivity contribution in [2.75, 3.05) is 31.6 Å². The Morgan fingerprint density at radius 1 is 0.816 bits per heavy atom. The smallest absolute Gasteiger partial charge is 0.293 e. The van der Waals surface area contributed by atoms with Crippen LogP contribution in [0.5, 0.6) is 5.75 Å². The van der Waals surface area contributed by atoms with Crippen molar-refractivity contribution in [3.63, 3.8) is 0 Å². The number of carbonyl (C=O) groups is 1. The number of hydrogen-bond acceptors (Lipinski definition) is 5. The fraction of sp³-hybridized carbons (Fsp3) is 0.233. The topological polar surface area (TPSA) is 67.3 Å². The molecular weight excluding hydrogens is 486 g/mol. The number of nitrogens with one attached hydrogen (secondary N) is 1. The van der Waals surface area contributed by atoms with Crippen molar-refractivity contribution in [1.29, 1.82) is 0 Å². The maximum absolute atomic E-state index is 13.5. The molecule has 8 heteroatoms. The van der Waals surface area contributed by atoms with E-state index in [-0.39, 0.29) is 17.5 Å². The Bertz CT molecular complexity index is 1280. The summed E-state index contributed by atoms with van der Waals surface area (Å²) in [5.74, 6) is -0.615. The van der Waals surface area contributed by atoms with Crippen molar-refractivity contribution in [1.82, 2.24) is 14.9 Å². The molecule has 0 aliphatic rings. The van der Waals surface area contributed by atoms with Gasteiger partial charge in [0.05, 0.1) is 18.0 Å². The van der Waals surface area contributed by atoms with Gasteiger partial charge in [0, 0.05) is 23.4 Å². The lowest BCUT2D eigenvalue weighted by molar-refractivity contribution is 0.101. The minimum absolute atomic E-state index is 0.0668. The van der Waals surface area contributed by atoms with Crippen LogP contribution in [0.15, 0.2) is 78.9 Å². The van der Waals surface area contributed by atoms with Crippen LogP contribution >= 0.6 is 0 Å². The first kappa shape index (κ1) is 26.9. The Morgan fingerprint density at radius 2 is 1.34 bits per heavy atom. The highest BCUT2D eigenvalue weighted by Crippen LogP contribution is 2.25. The third-order valence-electron chi connectivity index (χ3n) is 6.10. The molecule has 1 N–H and O–H groups in total. The van der Waals surface area contributed by atoms with Crippen LogP contribution in [0, 0.1) is 11.6 Å². The molecular formula is C30H30F2N4O2. The Hall–Kier alpha value is -4.17. The van der Waals surface area contributed by atoms with Gasteiger partial charge >= 0.3 is 0 Å². The van der Waals surface area contributed by atoms with Gasteiger partial charge in [-0.2, -0.15) is 0 Å². The maximum Gasteiger partial charge on any atom is 0.293 e. The number of amides is 1. The van der Waals surface area contributed by atoms with E-state index in [9.17, 15) is 13.6 Å². The fourth-order valence-corrected chi connectivity index (χ4v) is 3.93. The molecule has 0 atom stereocenters. The average molecular weight is 517 g/mol. The van der Waals surface area contributed by atoms with E-state index in [1.807, 2.05) is 0 Å². The number of ether oxygens (including phenoxy) is 1. The van der Waals surface area contributed by atoms with E-state index >= 15 is 0 Å². The van der Waals surface area contributed by atoms with Crippen LogP contribution in [0.4, 0.5) is 14.5 Å². The van der Waals surface area contributed by atoms with Gasteiger partial charge in [0.2, 0.25) is 5.82 Å². The largest absolute Gasteiger partial charge is 0.494 e. The summed E-state index contributed by atoms with van der Waals surface area (Å²) in [6.45, 7) is 7.92. The van der Waals surface area contributed by atoms with Crippen molar-refractivity contribution >= 4 is 11.6 Å². The van der Waals surface area contributed by atoms with Crippen LogP contribution in [0.2, 0.25) is 0 Å². The number of nitrogens with zero attached hydrogens (tertiary/aromatic N) is 3. The standard InChI is InChI=1S/C30H30F2N4O2/c1-3-36(4-2)18-5-19-38-26-16-14-25(15-17-26)33-30(37)29-34-27(21-6-10-23(31)11-7-21)20-28(35-29)22-8-12-24(32)13-9-22/h6-17,20H,3-5,18-19H2,1-2H3,(H,33,37). The van der Waals surface area contributed by atoms with Gasteiger partial charge < -0.3 is 15.0 Å². The highest BCUT2D eigenvalue weighted by atomic mass is 19.1. The number of hydrogen-bond donors (Lipinski definition) is 1. The highest BCUT2D eigenvalue weighted by Gasteiger charge is 2.15. The second-order valence-corrected chi connectivity index (χ2v) is 8.68. The molecule has 1 aromatic heterocycles. The van der Waals surface area contributed by atoms with Gasteiger partial charge in [-0.1, -0.05) is 13.8 Å². The van der Waals surface area contributed by atoms with E-state index in [0.29, 0.717) is 34.8 Å². The molecule has 0 unspecified atom stereocenters. The zero-order chi connectivity index (χ0) is 26.9. The molecule has 6 nitrogen and oxygen atoms in total. The number of carbonyl (C=O) groups excluding carboxylic acids is 1. The average Bonchev–Trinajstić information content (AvgIpc) is 2.94. The predicted octanol–water partition coefficient (Wildman–Crippen LogP) is 6.45. The van der Waals surface area contributed by atoms with E-state index < -0.39 is 5.91 Å². The molecule has 38 heavy (non-hydrogen) atoms. The number of aromatic nitrogens is 2. The first-order valence-electron chi connectivity index (χ1n) is 12.6. The SMILES string of the molecule is CCN(CC)CCCOc1ccc(NC(=O)c2nc(-c3ccc(F)cc3)cc(-c3ccc(F)cc3)n2)cc1. The van der Waals surface area contributed by atoms with Crippen LogP contribution in [-0.4, -0.2) is 47.0 Å². The van der Waals surface area contributed by atoms with E-state index in [4.69, 9.17) is 4.74 Å². The molecule has 1 heterocycles. The summed E-state index contributed by atoms with van der Waals surface area (Å²) in [5, 5.41) is 2.81. The molecule has 4 aromatic rings. The van der Waals surface area contributed by atoms with Crippen LogP contribution in [0.1, 0.15) is 30.9 Å². The Kier molecular flexibility index (Phi) is 9.11. The first-order valence-corrected chi connectivity index (χ1v) is 12.6. The first-order chi connectivity index (χ1) is 18.4. The Balaban J connectivity index is 1.49. The summed E-state index contributed by atoms with van der Waals surface area (Å²) in [7, 11) is 0. The molecule has 0 aliphatic heterocycles. The van der Waals surface area contributed by atoms with Crippen LogP contribution < -0.4 is 10.1 Å². The summed E-state index contributed by atoms with van der Waals surface area (Å²) >= 11 is 0. The molecule has 3 aromatic carbocycles. The van der Waals surface area contributed by atoms with Crippen LogP contribution in [0.25, 0.3) is 22.5 Å². The van der Waals surface area contributed by atoms with Crippen LogP contribution in [0.3, 0.4) is 0 Å². The minimum Gasteiger partial charge on any atom is -0.494 e. The summed E-state index contributed by atoms with van der Waals surface area (Å²) in [6, 6.07) is 20.4. The zero-order valence-electron chi connectivity index (χ0n) is 21.5. The van der Waals surface area contributed by atoms with Crippen molar-refractivity contribution in [3.8, 4) is 28.3 Å². The lowest BCUT2D eigenvalue weighted by Gasteiger charge is -2.17. The van der Waals surface area contributed by atoms with Gasteiger partial charge in [0.25, 0.3) is 5.91 Å². The van der Waals surface area contributed by atoms with Gasteiger partial charge in [0.1, 0.15) is 17.4 Å². The molecule has 0 spiro atoms. The lowest BCUT2D eigenvalue weighted by Crippen LogP contribution is -2.25. The van der Waals surface area contributed by atoms with Gasteiger partial charge in [-0.3, -0.25) is 4.79 Å². The Morgan fingerprint density at radius 3 is 1.84 bits per heavy atom. The quantitative estimate of drug-likeness (QED) is 0.232. The van der Waals surface area contributed by atoms with Crippen LogP contribution in [-0.2, 0) is 0 Å². The normalized spacial score (nSPS) is 11.0. The summed E-state index contributed by atoms with van der Waals surface area (Å²) in [5.41, 5.74) is 2.68. The zero-order valence-corrected chi connectivity index (χ0v) is 21.5. The van der Waals surface area contributed by atoms with E-state index in [1.165, 1.54) is 24.3 Å². The number of rotatable bonds is 11. The third kappa shape index (κ3) is 7.20. The molecule has 0 bridgehead atoms. The lowest BCUT2D eigenvalue weighted by atomic mass is 10.1. The van der Waals surface area contributed by atoms with E-state index in [0.717, 1.165) is 31.8 Å². The van der Waals surface area contributed by atoms with Crippen molar-refractivity contribution in [2.24, 2.45) is 0 Å². The Labute approximate surface area is 221 Å². The number of anilines is 1. The fourth-order valence-electron chi connectivity index (χ4n) is 3.93. The van der Waals surface area contributed by atoms with E-state index in [2.05, 4.69) is 34.0 Å². The number of benzene rings is 3. The highest BCUT2D eigenvalue weighted by molar-refractivity contribution is 6.02. The number of halogens is 2. The summed E-state index contributed by atoms with van der Waals surface area (Å²) in [4.78, 5) is 24.3. The van der Waals surface area contributed by atoms with Crippen molar-refractivity contribution < 1.29 is 18.3 Å². The maximum atomic E-state index is 13.5. The second-order valence-electron chi connectivity index (χ2n) is 8.68. The minimum atomic E-state index is -0.509. The van der Waals surface area contributed by atoms with Gasteiger partial charge in [-0.25, -0.2) is 18.7 Å². The van der Waals surface area contributed by atoms with Gasteiger partial charge in [-0.05, 0) is 98.4 Å². The molecule has 4 rings (SSSR count). The van der Waals surface area contributed by atoms with Crippen molar-refractivity contribution in [2.45, 2.75) is 20.3 Å². The molecule has 196 valence electrons. The molecule has 0 saturated carbocycles. The molecule has 0 fully saturated rings.